The molecule has 3 heterocycles. The predicted octanol–water partition coefficient (Wildman–Crippen LogP) is 5.07. The van der Waals surface area contributed by atoms with Crippen molar-refractivity contribution in [2.75, 3.05) is 11.1 Å². The Morgan fingerprint density at radius 1 is 1.20 bits per heavy atom. The Morgan fingerprint density at radius 2 is 1.94 bits per heavy atom. The van der Waals surface area contributed by atoms with E-state index in [9.17, 15) is 9.59 Å². The number of para-hydroxylation sites is 1. The second kappa shape index (κ2) is 10.7. The zero-order chi connectivity index (χ0) is 25.1. The van der Waals surface area contributed by atoms with Crippen molar-refractivity contribution in [3.05, 3.63) is 62.7 Å². The van der Waals surface area contributed by atoms with E-state index in [1.165, 1.54) is 16.6 Å². The van der Waals surface area contributed by atoms with E-state index in [1.807, 2.05) is 37.3 Å². The lowest BCUT2D eigenvalue weighted by Crippen LogP contribution is -2.23. The summed E-state index contributed by atoms with van der Waals surface area (Å²) in [6, 6.07) is 11.7. The van der Waals surface area contributed by atoms with Crippen LogP contribution in [0.4, 0.5) is 5.69 Å². The first-order valence-electron chi connectivity index (χ1n) is 11.6. The highest BCUT2D eigenvalue weighted by molar-refractivity contribution is 7.99. The molecule has 0 unspecified atom stereocenters. The van der Waals surface area contributed by atoms with Crippen molar-refractivity contribution >= 4 is 34.7 Å². The van der Waals surface area contributed by atoms with Gasteiger partial charge in [-0.25, -0.2) is 4.68 Å². The maximum absolute atomic E-state index is 13.1. The molecule has 1 N–H and O–H groups in total. The molecule has 0 atom stereocenters. The van der Waals surface area contributed by atoms with Gasteiger partial charge in [-0.1, -0.05) is 43.3 Å². The summed E-state index contributed by atoms with van der Waals surface area (Å²) in [5.41, 5.74) is 2.51. The van der Waals surface area contributed by atoms with Gasteiger partial charge in [0.1, 0.15) is 5.69 Å². The third-order valence-corrected chi connectivity index (χ3v) is 7.68. The van der Waals surface area contributed by atoms with Gasteiger partial charge in [0.15, 0.2) is 11.0 Å². The first-order chi connectivity index (χ1) is 16.8. The fraction of sp³-hybridized carbons (Fsp3) is 0.360. The molecule has 184 valence electrons. The van der Waals surface area contributed by atoms with Gasteiger partial charge in [-0.3, -0.25) is 18.8 Å². The third-order valence-electron chi connectivity index (χ3n) is 5.74. The summed E-state index contributed by atoms with van der Waals surface area (Å²) < 4.78 is 5.36. The quantitative estimate of drug-likeness (QED) is 0.318. The predicted molar refractivity (Wildman–Crippen MR) is 143 cm³/mol. The van der Waals surface area contributed by atoms with Crippen molar-refractivity contribution in [3.63, 3.8) is 0 Å². The average Bonchev–Trinajstić information content (AvgIpc) is 3.52. The van der Waals surface area contributed by atoms with Crippen LogP contribution in [0.15, 0.2) is 51.7 Å². The van der Waals surface area contributed by atoms with Crippen molar-refractivity contribution in [2.45, 2.75) is 51.7 Å². The van der Waals surface area contributed by atoms with Crippen molar-refractivity contribution in [2.24, 2.45) is 7.05 Å². The molecular weight excluding hydrogens is 480 g/mol. The Bertz CT molecular complexity index is 1380. The molecule has 0 saturated carbocycles. The van der Waals surface area contributed by atoms with E-state index in [2.05, 4.69) is 52.3 Å². The first kappa shape index (κ1) is 25.0. The third kappa shape index (κ3) is 5.13. The van der Waals surface area contributed by atoms with Gasteiger partial charge in [0.25, 0.3) is 5.56 Å². The standard InChI is InChI=1S/C25H30N6O2S2/c1-6-10-20-13-18(14-34-20)23-27-28-25(30(23)16(2)3)35-15-21(32)26-22-17(4)29(5)31(24(22)33)19-11-8-7-9-12-19/h7-9,11-14,16H,6,10,15H2,1-5H3,(H,26,32). The zero-order valence-corrected chi connectivity index (χ0v) is 22.2. The van der Waals surface area contributed by atoms with E-state index in [0.717, 1.165) is 29.9 Å². The monoisotopic (exact) mass is 510 g/mol. The number of carbonyl (C=O) groups is 1. The Balaban J connectivity index is 1.51. The molecule has 0 bridgehead atoms. The van der Waals surface area contributed by atoms with Gasteiger partial charge in [-0.05, 0) is 45.4 Å². The van der Waals surface area contributed by atoms with Crippen molar-refractivity contribution in [1.29, 1.82) is 0 Å². The van der Waals surface area contributed by atoms with E-state index in [4.69, 9.17) is 0 Å². The number of thioether (sulfide) groups is 1. The second-order valence-electron chi connectivity index (χ2n) is 8.59. The van der Waals surface area contributed by atoms with Gasteiger partial charge in [-0.15, -0.1) is 21.5 Å². The number of thiophene rings is 1. The molecule has 1 aromatic carbocycles. The summed E-state index contributed by atoms with van der Waals surface area (Å²) in [6.45, 7) is 8.15. The molecule has 1 amide bonds. The van der Waals surface area contributed by atoms with Gasteiger partial charge in [0, 0.05) is 28.9 Å². The summed E-state index contributed by atoms with van der Waals surface area (Å²) in [4.78, 5) is 27.2. The van der Waals surface area contributed by atoms with Crippen LogP contribution in [-0.4, -0.2) is 35.8 Å². The van der Waals surface area contributed by atoms with Gasteiger partial charge in [-0.2, -0.15) is 0 Å². The maximum atomic E-state index is 13.1. The van der Waals surface area contributed by atoms with Crippen LogP contribution in [0.25, 0.3) is 17.1 Å². The van der Waals surface area contributed by atoms with Crippen LogP contribution in [0.2, 0.25) is 0 Å². The summed E-state index contributed by atoms with van der Waals surface area (Å²) in [5, 5.41) is 14.4. The Hall–Kier alpha value is -3.11. The molecule has 10 heteroatoms. The minimum absolute atomic E-state index is 0.120. The number of nitrogens with zero attached hydrogens (tertiary/aromatic N) is 5. The fourth-order valence-corrected chi connectivity index (χ4v) is 5.77. The number of nitrogens with one attached hydrogen (secondary N) is 1. The fourth-order valence-electron chi connectivity index (χ4n) is 3.93. The highest BCUT2D eigenvalue weighted by Crippen LogP contribution is 2.31. The van der Waals surface area contributed by atoms with E-state index in [-0.39, 0.29) is 28.9 Å². The van der Waals surface area contributed by atoms with Crippen LogP contribution >= 0.6 is 23.1 Å². The molecule has 35 heavy (non-hydrogen) atoms. The molecule has 0 saturated heterocycles. The Labute approximate surface area is 213 Å². The first-order valence-corrected chi connectivity index (χ1v) is 13.5. The van der Waals surface area contributed by atoms with Crippen molar-refractivity contribution in [3.8, 4) is 17.1 Å². The number of carbonyl (C=O) groups excluding carboxylic acids is 1. The number of hydrogen-bond donors (Lipinski definition) is 1. The summed E-state index contributed by atoms with van der Waals surface area (Å²) in [7, 11) is 1.80. The molecule has 4 aromatic rings. The van der Waals surface area contributed by atoms with E-state index in [1.54, 1.807) is 27.7 Å². The van der Waals surface area contributed by atoms with Crippen LogP contribution in [0.5, 0.6) is 0 Å². The van der Waals surface area contributed by atoms with Gasteiger partial charge in [0.2, 0.25) is 5.91 Å². The lowest BCUT2D eigenvalue weighted by molar-refractivity contribution is -0.113. The van der Waals surface area contributed by atoms with Gasteiger partial charge < -0.3 is 5.32 Å². The van der Waals surface area contributed by atoms with Crippen LogP contribution in [0, 0.1) is 6.92 Å². The number of anilines is 1. The smallest absolute Gasteiger partial charge is 0.295 e. The maximum Gasteiger partial charge on any atom is 0.295 e. The second-order valence-corrected chi connectivity index (χ2v) is 10.5. The zero-order valence-electron chi connectivity index (χ0n) is 20.6. The molecule has 0 aliphatic rings. The molecule has 3 aromatic heterocycles. The van der Waals surface area contributed by atoms with Crippen LogP contribution in [-0.2, 0) is 18.3 Å². The number of benzene rings is 1. The van der Waals surface area contributed by atoms with E-state index in [0.29, 0.717) is 10.9 Å². The SMILES string of the molecule is CCCc1cc(-c2nnc(SCC(=O)Nc3c(C)n(C)n(-c4ccccc4)c3=O)n2C(C)C)cs1. The molecule has 0 aliphatic heterocycles. The topological polar surface area (TPSA) is 86.7 Å². The van der Waals surface area contributed by atoms with E-state index >= 15 is 0 Å². The molecular formula is C25H30N6O2S2. The normalized spacial score (nSPS) is 11.4. The van der Waals surface area contributed by atoms with Gasteiger partial charge >= 0.3 is 0 Å². The lowest BCUT2D eigenvalue weighted by Gasteiger charge is -2.13. The highest BCUT2D eigenvalue weighted by Gasteiger charge is 2.21. The summed E-state index contributed by atoms with van der Waals surface area (Å²) in [6.07, 6.45) is 2.15. The largest absolute Gasteiger partial charge is 0.319 e. The Morgan fingerprint density at radius 3 is 2.63 bits per heavy atom. The number of rotatable bonds is 9. The van der Waals surface area contributed by atoms with Crippen molar-refractivity contribution in [1.82, 2.24) is 24.1 Å². The average molecular weight is 511 g/mol. The molecule has 0 radical (unpaired) electrons. The molecule has 8 nitrogen and oxygen atoms in total. The summed E-state index contributed by atoms with van der Waals surface area (Å²) >= 11 is 3.06. The van der Waals surface area contributed by atoms with Crippen molar-refractivity contribution < 1.29 is 4.79 Å². The number of amides is 1. The minimum Gasteiger partial charge on any atom is -0.319 e. The van der Waals surface area contributed by atoms with E-state index < -0.39 is 0 Å². The van der Waals surface area contributed by atoms with Crippen LogP contribution < -0.4 is 10.9 Å². The highest BCUT2D eigenvalue weighted by atomic mass is 32.2. The lowest BCUT2D eigenvalue weighted by atomic mass is 10.2. The molecule has 0 spiro atoms. The van der Waals surface area contributed by atoms with Gasteiger partial charge in [0.05, 0.1) is 17.1 Å². The number of aromatic nitrogens is 5. The summed E-state index contributed by atoms with van der Waals surface area (Å²) in [5.74, 6) is 0.669. The Kier molecular flexibility index (Phi) is 7.61. The molecule has 0 aliphatic carbocycles. The molecule has 4 rings (SSSR count). The van der Waals surface area contributed by atoms with Crippen LogP contribution in [0.1, 0.15) is 43.8 Å². The number of hydrogen-bond acceptors (Lipinski definition) is 6. The van der Waals surface area contributed by atoms with Crippen LogP contribution in [0.3, 0.4) is 0 Å². The number of aryl methyl sites for hydroxylation is 1. The minimum atomic E-state index is -0.262. The molecule has 0 fully saturated rings.